The standard InChI is InChI=1S/C22H45O5P.Ca/c1-3-5-7-9-11-15-19-26-28(25,21-17-13-14-18-22(23)24)27-20-16-12-10-8-6-4-2;/h3-21H2,1-2H3,(H,23,24);. The summed E-state index contributed by atoms with van der Waals surface area (Å²) < 4.78 is 24.5. The molecular weight excluding hydrogens is 415 g/mol. The SMILES string of the molecule is CCCCCCCCOP(=O)(CCCCCC(=O)O)OCCCCCCCC.[Ca]. The van der Waals surface area contributed by atoms with E-state index in [9.17, 15) is 9.36 Å². The molecule has 0 bridgehead atoms. The van der Waals surface area contributed by atoms with Crippen molar-refractivity contribution in [2.45, 2.75) is 117 Å². The topological polar surface area (TPSA) is 72.8 Å². The normalized spacial score (nSPS) is 11.4. The summed E-state index contributed by atoms with van der Waals surface area (Å²) in [5, 5.41) is 8.71. The van der Waals surface area contributed by atoms with Gasteiger partial charge in [-0.25, -0.2) is 0 Å². The molecule has 0 saturated carbocycles. The fourth-order valence-electron chi connectivity index (χ4n) is 3.10. The Kier molecular flexibility index (Phi) is 26.0. The monoisotopic (exact) mass is 460 g/mol. The number of carboxylic acids is 1. The fourth-order valence-corrected chi connectivity index (χ4v) is 4.86. The average Bonchev–Trinajstić information content (AvgIpc) is 2.66. The van der Waals surface area contributed by atoms with Gasteiger partial charge in [0.25, 0.3) is 0 Å². The maximum Gasteiger partial charge on any atom is 0.330 e. The number of hydrogen-bond donors (Lipinski definition) is 1. The van der Waals surface area contributed by atoms with Crippen molar-refractivity contribution in [3.05, 3.63) is 0 Å². The van der Waals surface area contributed by atoms with Crippen LogP contribution in [0.25, 0.3) is 0 Å². The van der Waals surface area contributed by atoms with Crippen molar-refractivity contribution in [2.24, 2.45) is 0 Å². The molecule has 0 fully saturated rings. The molecule has 0 aliphatic carbocycles. The number of rotatable bonds is 22. The molecule has 0 amide bonds. The summed E-state index contributed by atoms with van der Waals surface area (Å²) in [7, 11) is -3.05. The molecule has 0 rings (SSSR count). The zero-order valence-electron chi connectivity index (χ0n) is 19.2. The average molecular weight is 461 g/mol. The number of carbonyl (C=O) groups is 1. The zero-order valence-corrected chi connectivity index (χ0v) is 22.3. The molecule has 0 atom stereocenters. The fraction of sp³-hybridized carbons (Fsp3) is 0.955. The molecule has 0 aliphatic heterocycles. The van der Waals surface area contributed by atoms with Gasteiger partial charge in [-0.3, -0.25) is 9.36 Å². The van der Waals surface area contributed by atoms with E-state index in [4.69, 9.17) is 14.2 Å². The second-order valence-electron chi connectivity index (χ2n) is 7.74. The largest absolute Gasteiger partial charge is 0.481 e. The predicted molar refractivity (Wildman–Crippen MR) is 123 cm³/mol. The summed E-state index contributed by atoms with van der Waals surface area (Å²) in [4.78, 5) is 10.6. The van der Waals surface area contributed by atoms with Gasteiger partial charge in [-0.05, 0) is 25.7 Å². The van der Waals surface area contributed by atoms with Gasteiger partial charge in [0.1, 0.15) is 0 Å². The molecule has 29 heavy (non-hydrogen) atoms. The van der Waals surface area contributed by atoms with Crippen molar-refractivity contribution in [2.75, 3.05) is 19.4 Å². The van der Waals surface area contributed by atoms with Crippen LogP contribution >= 0.6 is 7.60 Å². The van der Waals surface area contributed by atoms with Crippen LogP contribution in [0.4, 0.5) is 0 Å². The molecule has 7 heteroatoms. The van der Waals surface area contributed by atoms with Gasteiger partial charge in [-0.2, -0.15) is 0 Å². The third kappa shape index (κ3) is 23.4. The van der Waals surface area contributed by atoms with Gasteiger partial charge in [0.15, 0.2) is 0 Å². The minimum atomic E-state index is -3.05. The first-order chi connectivity index (χ1) is 13.5. The predicted octanol–water partition coefficient (Wildman–Crippen LogP) is 7.20. The molecule has 5 nitrogen and oxygen atoms in total. The molecular formula is C22H45CaO5P. The van der Waals surface area contributed by atoms with E-state index in [1.165, 1.54) is 51.4 Å². The van der Waals surface area contributed by atoms with Gasteiger partial charge in [-0.1, -0.05) is 84.5 Å². The molecule has 0 aromatic rings. The first-order valence-corrected chi connectivity index (χ1v) is 13.4. The van der Waals surface area contributed by atoms with Crippen molar-refractivity contribution in [1.82, 2.24) is 0 Å². The molecule has 0 aliphatic rings. The van der Waals surface area contributed by atoms with Crippen LogP contribution in [-0.4, -0.2) is 68.2 Å². The molecule has 0 spiro atoms. The van der Waals surface area contributed by atoms with Gasteiger partial charge in [0.05, 0.1) is 19.4 Å². The second kappa shape index (κ2) is 23.5. The smallest absolute Gasteiger partial charge is 0.330 e. The van der Waals surface area contributed by atoms with Gasteiger partial charge in [0.2, 0.25) is 0 Å². The zero-order chi connectivity index (χ0) is 20.9. The molecule has 0 aromatic carbocycles. The first-order valence-electron chi connectivity index (χ1n) is 11.6. The van der Waals surface area contributed by atoms with Gasteiger partial charge >= 0.3 is 13.6 Å². The van der Waals surface area contributed by atoms with Crippen LogP contribution in [0.2, 0.25) is 0 Å². The number of hydrogen-bond acceptors (Lipinski definition) is 4. The van der Waals surface area contributed by atoms with Crippen LogP contribution in [-0.2, 0) is 18.4 Å². The van der Waals surface area contributed by atoms with E-state index in [0.717, 1.165) is 32.1 Å². The van der Waals surface area contributed by atoms with Gasteiger partial charge in [-0.15, -0.1) is 0 Å². The van der Waals surface area contributed by atoms with Gasteiger partial charge in [0, 0.05) is 44.2 Å². The number of unbranched alkanes of at least 4 members (excludes halogenated alkanes) is 12. The Hall–Kier alpha value is 0.880. The summed E-state index contributed by atoms with van der Waals surface area (Å²) in [5.41, 5.74) is 0. The van der Waals surface area contributed by atoms with Crippen LogP contribution < -0.4 is 0 Å². The molecule has 170 valence electrons. The molecule has 0 aromatic heterocycles. The maximum absolute atomic E-state index is 13.0. The minimum absolute atomic E-state index is 0. The van der Waals surface area contributed by atoms with E-state index in [-0.39, 0.29) is 44.2 Å². The molecule has 0 saturated heterocycles. The Balaban J connectivity index is 0. The van der Waals surface area contributed by atoms with E-state index in [2.05, 4.69) is 13.8 Å². The molecule has 0 heterocycles. The van der Waals surface area contributed by atoms with Crippen molar-refractivity contribution in [3.63, 3.8) is 0 Å². The van der Waals surface area contributed by atoms with E-state index in [1.54, 1.807) is 0 Å². The summed E-state index contributed by atoms with van der Waals surface area (Å²) >= 11 is 0. The van der Waals surface area contributed by atoms with Crippen LogP contribution in [0, 0.1) is 0 Å². The number of aliphatic carboxylic acids is 1. The number of carboxylic acid groups (broad SMARTS) is 1. The Morgan fingerprint density at radius 2 is 1.10 bits per heavy atom. The van der Waals surface area contributed by atoms with Gasteiger partial charge < -0.3 is 14.2 Å². The van der Waals surface area contributed by atoms with E-state index < -0.39 is 13.6 Å². The van der Waals surface area contributed by atoms with Crippen molar-refractivity contribution < 1.29 is 23.5 Å². The first kappa shape index (κ1) is 32.1. The maximum atomic E-state index is 13.0. The Morgan fingerprint density at radius 3 is 1.55 bits per heavy atom. The van der Waals surface area contributed by atoms with E-state index in [0.29, 0.717) is 32.2 Å². The molecule has 2 radical (unpaired) electrons. The van der Waals surface area contributed by atoms with E-state index >= 15 is 0 Å². The van der Waals surface area contributed by atoms with E-state index in [1.807, 2.05) is 0 Å². The third-order valence-electron chi connectivity index (χ3n) is 4.89. The Bertz CT molecular complexity index is 385. The summed E-state index contributed by atoms with van der Waals surface area (Å²) in [6.45, 7) is 5.40. The van der Waals surface area contributed by atoms with Crippen LogP contribution in [0.5, 0.6) is 0 Å². The van der Waals surface area contributed by atoms with Crippen LogP contribution in [0.15, 0.2) is 0 Å². The van der Waals surface area contributed by atoms with Crippen molar-refractivity contribution in [1.29, 1.82) is 0 Å². The quantitative estimate of drug-likeness (QED) is 0.105. The Labute approximate surface area is 209 Å². The third-order valence-corrected chi connectivity index (χ3v) is 6.91. The van der Waals surface area contributed by atoms with Crippen LogP contribution in [0.3, 0.4) is 0 Å². The second-order valence-corrected chi connectivity index (χ2v) is 9.93. The molecule has 1 N–H and O–H groups in total. The summed E-state index contributed by atoms with van der Waals surface area (Å²) in [6, 6.07) is 0. The summed E-state index contributed by atoms with van der Waals surface area (Å²) in [6.07, 6.45) is 16.6. The molecule has 0 unspecified atom stereocenters. The summed E-state index contributed by atoms with van der Waals surface area (Å²) in [5.74, 6) is -0.776. The minimum Gasteiger partial charge on any atom is -0.481 e. The Morgan fingerprint density at radius 1 is 0.690 bits per heavy atom. The van der Waals surface area contributed by atoms with Crippen molar-refractivity contribution >= 4 is 51.3 Å². The van der Waals surface area contributed by atoms with Crippen LogP contribution in [0.1, 0.15) is 117 Å². The van der Waals surface area contributed by atoms with Crippen molar-refractivity contribution in [3.8, 4) is 0 Å².